The predicted molar refractivity (Wildman–Crippen MR) is 76.4 cm³/mol. The van der Waals surface area contributed by atoms with Gasteiger partial charge in [0.25, 0.3) is 5.91 Å². The van der Waals surface area contributed by atoms with Crippen molar-refractivity contribution in [2.75, 3.05) is 19.6 Å². The summed E-state index contributed by atoms with van der Waals surface area (Å²) in [5.41, 5.74) is 1.48. The van der Waals surface area contributed by atoms with Gasteiger partial charge in [-0.2, -0.15) is 0 Å². The molecule has 20 heavy (non-hydrogen) atoms. The lowest BCUT2D eigenvalue weighted by Gasteiger charge is -2.15. The average Bonchev–Trinajstić information content (AvgIpc) is 3.13. The van der Waals surface area contributed by atoms with E-state index in [9.17, 15) is 9.59 Å². The molecular weight excluding hydrogens is 254 g/mol. The fourth-order valence-corrected chi connectivity index (χ4v) is 2.53. The summed E-state index contributed by atoms with van der Waals surface area (Å²) in [6.07, 6.45) is 3.95. The maximum atomic E-state index is 12.0. The molecule has 0 spiro atoms. The van der Waals surface area contributed by atoms with E-state index in [4.69, 9.17) is 0 Å². The van der Waals surface area contributed by atoms with Gasteiger partial charge in [0.15, 0.2) is 0 Å². The molecule has 1 aliphatic heterocycles. The van der Waals surface area contributed by atoms with Crippen molar-refractivity contribution in [1.29, 1.82) is 0 Å². The number of amides is 2. The van der Waals surface area contributed by atoms with Crippen molar-refractivity contribution in [3.8, 4) is 0 Å². The highest BCUT2D eigenvalue weighted by atomic mass is 16.2. The van der Waals surface area contributed by atoms with E-state index in [1.165, 1.54) is 0 Å². The van der Waals surface area contributed by atoms with Crippen LogP contribution in [0.15, 0.2) is 30.5 Å². The number of hydrogen-bond acceptors (Lipinski definition) is 2. The Kier molecular flexibility index (Phi) is 3.41. The summed E-state index contributed by atoms with van der Waals surface area (Å²) >= 11 is 0. The highest BCUT2D eigenvalue weighted by Gasteiger charge is 2.18. The summed E-state index contributed by atoms with van der Waals surface area (Å²) in [5, 5.41) is 3.75. The number of H-pyrrole nitrogens is 1. The minimum atomic E-state index is -0.214. The van der Waals surface area contributed by atoms with Gasteiger partial charge in [0, 0.05) is 30.4 Å². The molecule has 3 rings (SSSR count). The molecule has 2 heterocycles. The maximum absolute atomic E-state index is 12.0. The van der Waals surface area contributed by atoms with E-state index in [1.54, 1.807) is 17.0 Å². The molecule has 1 aliphatic rings. The third-order valence-electron chi connectivity index (χ3n) is 3.68. The molecule has 0 radical (unpaired) electrons. The summed E-state index contributed by atoms with van der Waals surface area (Å²) in [5.74, 6) is -0.217. The van der Waals surface area contributed by atoms with Gasteiger partial charge in [-0.1, -0.05) is 6.07 Å². The van der Waals surface area contributed by atoms with Gasteiger partial charge in [-0.25, -0.2) is 0 Å². The second-order valence-electron chi connectivity index (χ2n) is 5.05. The molecule has 0 aliphatic carbocycles. The monoisotopic (exact) mass is 271 g/mol. The quantitative estimate of drug-likeness (QED) is 0.889. The van der Waals surface area contributed by atoms with E-state index in [0.29, 0.717) is 5.56 Å². The summed E-state index contributed by atoms with van der Waals surface area (Å²) in [6, 6.07) is 7.41. The standard InChI is InChI=1S/C15H17N3O2/c19-14(18-7-1-2-8-18)10-17-15(20)12-4-3-11-5-6-16-13(11)9-12/h3-6,9,16H,1-2,7-8,10H2,(H,17,20). The minimum Gasteiger partial charge on any atom is -0.361 e. The van der Waals surface area contributed by atoms with Crippen LogP contribution in [0.2, 0.25) is 0 Å². The third-order valence-corrected chi connectivity index (χ3v) is 3.68. The summed E-state index contributed by atoms with van der Waals surface area (Å²) in [7, 11) is 0. The van der Waals surface area contributed by atoms with Gasteiger partial charge in [0.2, 0.25) is 5.91 Å². The number of aromatic nitrogens is 1. The minimum absolute atomic E-state index is 0.00296. The van der Waals surface area contributed by atoms with Gasteiger partial charge < -0.3 is 15.2 Å². The number of nitrogens with zero attached hydrogens (tertiary/aromatic N) is 1. The lowest BCUT2D eigenvalue weighted by Crippen LogP contribution is -2.38. The van der Waals surface area contributed by atoms with Crippen LogP contribution in [0.5, 0.6) is 0 Å². The van der Waals surface area contributed by atoms with Crippen molar-refractivity contribution in [3.63, 3.8) is 0 Å². The largest absolute Gasteiger partial charge is 0.361 e. The number of fused-ring (bicyclic) bond motifs is 1. The predicted octanol–water partition coefficient (Wildman–Crippen LogP) is 1.52. The van der Waals surface area contributed by atoms with Crippen LogP contribution in [0, 0.1) is 0 Å². The SMILES string of the molecule is O=C(NCC(=O)N1CCCC1)c1ccc2cc[nH]c2c1. The Morgan fingerprint density at radius 3 is 2.80 bits per heavy atom. The molecule has 1 saturated heterocycles. The number of hydrogen-bond donors (Lipinski definition) is 2. The molecule has 2 aromatic rings. The molecule has 0 atom stereocenters. The number of benzene rings is 1. The van der Waals surface area contributed by atoms with Gasteiger partial charge in [-0.05, 0) is 36.4 Å². The van der Waals surface area contributed by atoms with Crippen molar-refractivity contribution in [2.24, 2.45) is 0 Å². The van der Waals surface area contributed by atoms with Gasteiger partial charge in [-0.3, -0.25) is 9.59 Å². The number of likely N-dealkylation sites (tertiary alicyclic amines) is 1. The van der Waals surface area contributed by atoms with Gasteiger partial charge >= 0.3 is 0 Å². The molecule has 1 aromatic heterocycles. The smallest absolute Gasteiger partial charge is 0.251 e. The number of nitrogens with one attached hydrogen (secondary N) is 2. The summed E-state index contributed by atoms with van der Waals surface area (Å²) in [6.45, 7) is 1.69. The van der Waals surface area contributed by atoms with Crippen LogP contribution in [0.1, 0.15) is 23.2 Å². The van der Waals surface area contributed by atoms with E-state index in [1.807, 2.05) is 18.3 Å². The van der Waals surface area contributed by atoms with Crippen molar-refractivity contribution in [3.05, 3.63) is 36.0 Å². The topological polar surface area (TPSA) is 65.2 Å². The number of rotatable bonds is 3. The first-order valence-corrected chi connectivity index (χ1v) is 6.87. The molecule has 104 valence electrons. The molecule has 2 N–H and O–H groups in total. The van der Waals surface area contributed by atoms with Crippen LogP contribution in [0.3, 0.4) is 0 Å². The Morgan fingerprint density at radius 2 is 2.00 bits per heavy atom. The zero-order valence-electron chi connectivity index (χ0n) is 11.2. The van der Waals surface area contributed by atoms with Crippen LogP contribution in [0.25, 0.3) is 10.9 Å². The third kappa shape index (κ3) is 2.52. The molecule has 0 unspecified atom stereocenters. The Balaban J connectivity index is 1.62. The van der Waals surface area contributed by atoms with E-state index < -0.39 is 0 Å². The zero-order chi connectivity index (χ0) is 13.9. The molecule has 1 fully saturated rings. The molecule has 0 bridgehead atoms. The lowest BCUT2D eigenvalue weighted by molar-refractivity contribution is -0.129. The molecule has 0 saturated carbocycles. The highest BCUT2D eigenvalue weighted by Crippen LogP contribution is 2.14. The van der Waals surface area contributed by atoms with Crippen LogP contribution in [0.4, 0.5) is 0 Å². The van der Waals surface area contributed by atoms with Crippen LogP contribution >= 0.6 is 0 Å². The number of carbonyl (C=O) groups is 2. The normalized spacial score (nSPS) is 14.7. The fraction of sp³-hybridized carbons (Fsp3) is 0.333. The molecule has 5 heteroatoms. The average molecular weight is 271 g/mol. The fourth-order valence-electron chi connectivity index (χ4n) is 2.53. The van der Waals surface area contributed by atoms with Crippen molar-refractivity contribution < 1.29 is 9.59 Å². The molecular formula is C15H17N3O2. The van der Waals surface area contributed by atoms with E-state index >= 15 is 0 Å². The van der Waals surface area contributed by atoms with E-state index in [2.05, 4.69) is 10.3 Å². The molecule has 2 amide bonds. The lowest BCUT2D eigenvalue weighted by atomic mass is 10.1. The molecule has 5 nitrogen and oxygen atoms in total. The second-order valence-corrected chi connectivity index (χ2v) is 5.05. The van der Waals surface area contributed by atoms with Crippen molar-refractivity contribution in [2.45, 2.75) is 12.8 Å². The Morgan fingerprint density at radius 1 is 1.20 bits per heavy atom. The Labute approximate surface area is 117 Å². The van der Waals surface area contributed by atoms with Crippen molar-refractivity contribution >= 4 is 22.7 Å². The van der Waals surface area contributed by atoms with Gasteiger partial charge in [0.1, 0.15) is 0 Å². The highest BCUT2D eigenvalue weighted by molar-refractivity contribution is 5.99. The van der Waals surface area contributed by atoms with E-state index in [0.717, 1.165) is 36.8 Å². The zero-order valence-corrected chi connectivity index (χ0v) is 11.2. The summed E-state index contributed by atoms with van der Waals surface area (Å²) < 4.78 is 0. The maximum Gasteiger partial charge on any atom is 0.251 e. The van der Waals surface area contributed by atoms with Crippen molar-refractivity contribution in [1.82, 2.24) is 15.2 Å². The Bertz CT molecular complexity index is 641. The first-order chi connectivity index (χ1) is 9.74. The Hall–Kier alpha value is -2.30. The number of carbonyl (C=O) groups excluding carboxylic acids is 2. The van der Waals surface area contributed by atoms with E-state index in [-0.39, 0.29) is 18.4 Å². The second kappa shape index (κ2) is 5.36. The summed E-state index contributed by atoms with van der Waals surface area (Å²) in [4.78, 5) is 28.8. The molecule has 1 aromatic carbocycles. The van der Waals surface area contributed by atoms with Crippen LogP contribution < -0.4 is 5.32 Å². The van der Waals surface area contributed by atoms with Gasteiger partial charge in [-0.15, -0.1) is 0 Å². The first kappa shape index (κ1) is 12.7. The van der Waals surface area contributed by atoms with Crippen LogP contribution in [-0.2, 0) is 4.79 Å². The van der Waals surface area contributed by atoms with Crippen LogP contribution in [-0.4, -0.2) is 41.3 Å². The number of aromatic amines is 1. The first-order valence-electron chi connectivity index (χ1n) is 6.87. The van der Waals surface area contributed by atoms with Gasteiger partial charge in [0.05, 0.1) is 6.54 Å².